The van der Waals surface area contributed by atoms with Gasteiger partial charge in [0.15, 0.2) is 0 Å². The monoisotopic (exact) mass is 386 g/mol. The fourth-order valence-electron chi connectivity index (χ4n) is 2.79. The summed E-state index contributed by atoms with van der Waals surface area (Å²) in [5.41, 5.74) is 7.23. The second kappa shape index (κ2) is 7.71. The van der Waals surface area contributed by atoms with Gasteiger partial charge in [-0.25, -0.2) is 8.42 Å². The Morgan fingerprint density at radius 2 is 1.96 bits per heavy atom. The van der Waals surface area contributed by atoms with E-state index < -0.39 is 32.1 Å². The molecule has 0 fully saturated rings. The number of nitrogens with two attached hydrogens (primary N) is 1. The van der Waals surface area contributed by atoms with Crippen molar-refractivity contribution in [2.75, 3.05) is 0 Å². The van der Waals surface area contributed by atoms with Crippen LogP contribution in [-0.2, 0) is 14.8 Å². The summed E-state index contributed by atoms with van der Waals surface area (Å²) in [5.74, 6) is 1.70. The molecule has 1 aliphatic carbocycles. The molecule has 0 saturated carbocycles. The maximum Gasteiger partial charge on any atom is 0.250 e. The number of allylic oxidation sites excluding steroid dienone is 3. The Morgan fingerprint density at radius 3 is 2.44 bits per heavy atom. The van der Waals surface area contributed by atoms with E-state index in [1.54, 1.807) is 32.9 Å². The Bertz CT molecular complexity index is 903. The van der Waals surface area contributed by atoms with Crippen molar-refractivity contribution in [3.05, 3.63) is 54.1 Å². The second-order valence-corrected chi connectivity index (χ2v) is 9.85. The topological polar surface area (TPSA) is 89.3 Å². The van der Waals surface area contributed by atoms with Crippen LogP contribution in [0.1, 0.15) is 39.2 Å². The van der Waals surface area contributed by atoms with Crippen LogP contribution >= 0.6 is 0 Å². The highest BCUT2D eigenvalue weighted by molar-refractivity contribution is 7.91. The van der Waals surface area contributed by atoms with Gasteiger partial charge in [0.1, 0.15) is 4.75 Å². The zero-order valence-corrected chi connectivity index (χ0v) is 16.7. The van der Waals surface area contributed by atoms with Gasteiger partial charge in [-0.05, 0) is 23.0 Å². The standard InChI is InChI=1S/C21H26N2O3S/c1-5-13-21(27(25,26)23-19(24)18(22)20(2,3)4)14-11-17(12-15-21)16-9-7-6-8-10-16/h1,6-12,14,18H,13,15,22H2,2-4H3,(H,23,24). The lowest BCUT2D eigenvalue weighted by Gasteiger charge is -2.32. The molecular weight excluding hydrogens is 360 g/mol. The van der Waals surface area contributed by atoms with Crippen LogP contribution in [0.2, 0.25) is 0 Å². The van der Waals surface area contributed by atoms with Gasteiger partial charge >= 0.3 is 0 Å². The van der Waals surface area contributed by atoms with Crippen molar-refractivity contribution in [2.24, 2.45) is 11.1 Å². The molecular formula is C21H26N2O3S. The molecule has 0 radical (unpaired) electrons. The summed E-state index contributed by atoms with van der Waals surface area (Å²) in [6.45, 7) is 5.32. The van der Waals surface area contributed by atoms with E-state index in [-0.39, 0.29) is 12.8 Å². The Balaban J connectivity index is 2.30. The predicted molar refractivity (Wildman–Crippen MR) is 109 cm³/mol. The molecule has 0 aromatic heterocycles. The van der Waals surface area contributed by atoms with E-state index in [2.05, 4.69) is 10.6 Å². The molecule has 3 N–H and O–H groups in total. The van der Waals surface area contributed by atoms with E-state index in [0.717, 1.165) is 11.1 Å². The van der Waals surface area contributed by atoms with Crippen LogP contribution < -0.4 is 10.5 Å². The largest absolute Gasteiger partial charge is 0.319 e. The summed E-state index contributed by atoms with van der Waals surface area (Å²) >= 11 is 0. The molecule has 1 amide bonds. The first kappa shape index (κ1) is 20.9. The van der Waals surface area contributed by atoms with Crippen LogP contribution in [0.3, 0.4) is 0 Å². The number of carbonyl (C=O) groups excluding carboxylic acids is 1. The lowest BCUT2D eigenvalue weighted by atomic mass is 9.87. The number of amides is 1. The highest BCUT2D eigenvalue weighted by Gasteiger charge is 2.44. The quantitative estimate of drug-likeness (QED) is 0.761. The van der Waals surface area contributed by atoms with Crippen LogP contribution in [-0.4, -0.2) is 25.1 Å². The summed E-state index contributed by atoms with van der Waals surface area (Å²) in [6.07, 6.45) is 10.7. The van der Waals surface area contributed by atoms with Crippen molar-refractivity contribution in [3.63, 3.8) is 0 Å². The van der Waals surface area contributed by atoms with Gasteiger partial charge < -0.3 is 5.73 Å². The molecule has 0 bridgehead atoms. The Morgan fingerprint density at radius 1 is 1.33 bits per heavy atom. The summed E-state index contributed by atoms with van der Waals surface area (Å²) < 4.78 is 26.8. The fourth-order valence-corrected chi connectivity index (χ4v) is 4.21. The minimum Gasteiger partial charge on any atom is -0.319 e. The molecule has 2 rings (SSSR count). The van der Waals surface area contributed by atoms with Crippen molar-refractivity contribution in [1.29, 1.82) is 0 Å². The molecule has 1 aliphatic rings. The number of terminal acetylenes is 1. The Hall–Kier alpha value is -2.36. The van der Waals surface area contributed by atoms with Crippen molar-refractivity contribution >= 4 is 21.5 Å². The number of hydrogen-bond acceptors (Lipinski definition) is 4. The van der Waals surface area contributed by atoms with Gasteiger partial charge in [-0.15, -0.1) is 12.3 Å². The number of carbonyl (C=O) groups is 1. The fraction of sp³-hybridized carbons (Fsp3) is 0.381. The third-order valence-corrected chi connectivity index (χ3v) is 6.72. The van der Waals surface area contributed by atoms with Gasteiger partial charge in [0, 0.05) is 6.42 Å². The molecule has 1 aromatic carbocycles. The molecule has 0 heterocycles. The van der Waals surface area contributed by atoms with E-state index in [4.69, 9.17) is 12.2 Å². The van der Waals surface area contributed by atoms with Gasteiger partial charge in [0.05, 0.1) is 6.04 Å². The molecule has 27 heavy (non-hydrogen) atoms. The summed E-state index contributed by atoms with van der Waals surface area (Å²) in [7, 11) is -4.07. The smallest absolute Gasteiger partial charge is 0.250 e. The normalized spacial score (nSPS) is 21.1. The summed E-state index contributed by atoms with van der Waals surface area (Å²) in [6, 6.07) is 8.68. The number of benzene rings is 1. The molecule has 2 atom stereocenters. The van der Waals surface area contributed by atoms with Gasteiger partial charge in [-0.3, -0.25) is 9.52 Å². The first-order chi connectivity index (χ1) is 12.5. The number of hydrogen-bond donors (Lipinski definition) is 2. The Kier molecular flexibility index (Phi) is 5.98. The summed E-state index contributed by atoms with van der Waals surface area (Å²) in [4.78, 5) is 12.4. The second-order valence-electron chi connectivity index (χ2n) is 7.82. The van der Waals surface area contributed by atoms with Crippen molar-refractivity contribution in [3.8, 4) is 12.3 Å². The lowest BCUT2D eigenvalue weighted by Crippen LogP contribution is -2.54. The van der Waals surface area contributed by atoms with E-state index >= 15 is 0 Å². The first-order valence-electron chi connectivity index (χ1n) is 8.72. The van der Waals surface area contributed by atoms with E-state index in [0.29, 0.717) is 0 Å². The minimum atomic E-state index is -4.07. The Labute approximate surface area is 161 Å². The van der Waals surface area contributed by atoms with Crippen LogP contribution in [0, 0.1) is 17.8 Å². The molecule has 1 aromatic rings. The van der Waals surface area contributed by atoms with Gasteiger partial charge in [-0.2, -0.15) is 0 Å². The van der Waals surface area contributed by atoms with Crippen molar-refractivity contribution < 1.29 is 13.2 Å². The highest BCUT2D eigenvalue weighted by atomic mass is 32.2. The van der Waals surface area contributed by atoms with Gasteiger partial charge in [-0.1, -0.05) is 69.3 Å². The SMILES string of the molecule is C#CCC1(S(=O)(=O)NC(=O)C(N)C(C)(C)C)C=CC(c2ccccc2)=CC1. The van der Waals surface area contributed by atoms with Crippen molar-refractivity contribution in [1.82, 2.24) is 4.72 Å². The average Bonchev–Trinajstić information content (AvgIpc) is 2.61. The number of sulfonamides is 1. The molecule has 144 valence electrons. The van der Waals surface area contributed by atoms with Gasteiger partial charge in [0.25, 0.3) is 5.91 Å². The van der Waals surface area contributed by atoms with Crippen molar-refractivity contribution in [2.45, 2.75) is 44.4 Å². The molecule has 0 aliphatic heterocycles. The third kappa shape index (κ3) is 4.49. The average molecular weight is 387 g/mol. The van der Waals surface area contributed by atoms with E-state index in [1.807, 2.05) is 36.4 Å². The predicted octanol–water partition coefficient (Wildman–Crippen LogP) is 2.61. The minimum absolute atomic E-state index is 0.0462. The molecule has 0 saturated heterocycles. The van der Waals surface area contributed by atoms with Crippen LogP contribution in [0.25, 0.3) is 5.57 Å². The number of rotatable bonds is 5. The third-order valence-electron chi connectivity index (χ3n) is 4.73. The molecule has 6 heteroatoms. The van der Waals surface area contributed by atoms with Crippen LogP contribution in [0.4, 0.5) is 0 Å². The molecule has 5 nitrogen and oxygen atoms in total. The first-order valence-corrected chi connectivity index (χ1v) is 10.2. The highest BCUT2D eigenvalue weighted by Crippen LogP contribution is 2.35. The van der Waals surface area contributed by atoms with Crippen LogP contribution in [0.5, 0.6) is 0 Å². The number of nitrogens with one attached hydrogen (secondary N) is 1. The maximum atomic E-state index is 13.0. The zero-order chi connectivity index (χ0) is 20.3. The lowest BCUT2D eigenvalue weighted by molar-refractivity contribution is -0.122. The molecule has 0 spiro atoms. The molecule has 2 unspecified atom stereocenters. The van der Waals surface area contributed by atoms with Crippen LogP contribution in [0.15, 0.2) is 48.6 Å². The maximum absolute atomic E-state index is 13.0. The zero-order valence-electron chi connectivity index (χ0n) is 15.9. The van der Waals surface area contributed by atoms with E-state index in [9.17, 15) is 13.2 Å². The van der Waals surface area contributed by atoms with E-state index in [1.165, 1.54) is 0 Å². The van der Waals surface area contributed by atoms with Gasteiger partial charge in [0.2, 0.25) is 10.0 Å². The summed E-state index contributed by atoms with van der Waals surface area (Å²) in [5, 5.41) is 0.